The normalized spacial score (nSPS) is 11.5. The summed E-state index contributed by atoms with van der Waals surface area (Å²) >= 11 is 0. The standard InChI is InChI=1S/C26H22N4O4/c1-26(2,3)34-25(31)33-23-14-22(29-30(23)24-27-11-4-12-28-24)18-7-5-17(6-8-18)19-9-10-20-15-32-16-21(20)13-19/h4-16H,1-3H3. The molecule has 0 aliphatic heterocycles. The number of hydrogen-bond donors (Lipinski definition) is 0. The molecule has 8 heteroatoms. The molecule has 0 radical (unpaired) electrons. The SMILES string of the molecule is CC(C)(C)OC(=O)Oc1cc(-c2ccc(-c3ccc4cocc4c3)cc2)nn1-c1ncccn1. The van der Waals surface area contributed by atoms with E-state index in [2.05, 4.69) is 27.2 Å². The molecule has 0 amide bonds. The molecule has 170 valence electrons. The maximum absolute atomic E-state index is 12.3. The summed E-state index contributed by atoms with van der Waals surface area (Å²) in [7, 11) is 0. The van der Waals surface area contributed by atoms with E-state index in [0.717, 1.165) is 27.5 Å². The van der Waals surface area contributed by atoms with Gasteiger partial charge in [-0.3, -0.25) is 0 Å². The third kappa shape index (κ3) is 4.52. The molecule has 8 nitrogen and oxygen atoms in total. The summed E-state index contributed by atoms with van der Waals surface area (Å²) in [4.78, 5) is 20.7. The van der Waals surface area contributed by atoms with Crippen LogP contribution in [0.4, 0.5) is 4.79 Å². The molecule has 0 fully saturated rings. The highest BCUT2D eigenvalue weighted by molar-refractivity contribution is 5.86. The first-order chi connectivity index (χ1) is 16.4. The van der Waals surface area contributed by atoms with Crippen molar-refractivity contribution in [3.63, 3.8) is 0 Å². The van der Waals surface area contributed by atoms with E-state index in [9.17, 15) is 4.79 Å². The van der Waals surface area contributed by atoms with Crippen molar-refractivity contribution in [1.29, 1.82) is 0 Å². The molecule has 3 heterocycles. The fourth-order valence-electron chi connectivity index (χ4n) is 3.46. The number of aromatic nitrogens is 4. The largest absolute Gasteiger partial charge is 0.515 e. The Morgan fingerprint density at radius 2 is 1.56 bits per heavy atom. The molecular formula is C26H22N4O4. The zero-order valence-corrected chi connectivity index (χ0v) is 18.9. The lowest BCUT2D eigenvalue weighted by atomic mass is 10.0. The van der Waals surface area contributed by atoms with Gasteiger partial charge in [-0.2, -0.15) is 9.78 Å². The van der Waals surface area contributed by atoms with Crippen LogP contribution in [-0.4, -0.2) is 31.5 Å². The predicted molar refractivity (Wildman–Crippen MR) is 127 cm³/mol. The molecule has 2 aromatic carbocycles. The number of ether oxygens (including phenoxy) is 2. The Hall–Kier alpha value is -4.46. The van der Waals surface area contributed by atoms with Gasteiger partial charge in [0.1, 0.15) is 5.60 Å². The van der Waals surface area contributed by atoms with E-state index in [4.69, 9.17) is 13.9 Å². The molecule has 3 aromatic heterocycles. The zero-order valence-electron chi connectivity index (χ0n) is 18.9. The molecule has 0 bridgehead atoms. The summed E-state index contributed by atoms with van der Waals surface area (Å²) in [6, 6.07) is 17.5. The molecule has 0 unspecified atom stereocenters. The number of furan rings is 1. The fourth-order valence-corrected chi connectivity index (χ4v) is 3.46. The fraction of sp³-hybridized carbons (Fsp3) is 0.154. The summed E-state index contributed by atoms with van der Waals surface area (Å²) in [5.41, 5.74) is 2.89. The van der Waals surface area contributed by atoms with E-state index in [-0.39, 0.29) is 11.8 Å². The lowest BCUT2D eigenvalue weighted by molar-refractivity contribution is 0.0191. The first kappa shape index (κ1) is 21.4. The second kappa shape index (κ2) is 8.47. The Balaban J connectivity index is 1.47. The number of fused-ring (bicyclic) bond motifs is 1. The first-order valence-electron chi connectivity index (χ1n) is 10.7. The van der Waals surface area contributed by atoms with Gasteiger partial charge in [-0.25, -0.2) is 14.8 Å². The second-order valence-electron chi connectivity index (χ2n) is 8.69. The van der Waals surface area contributed by atoms with Gasteiger partial charge in [-0.1, -0.05) is 36.4 Å². The predicted octanol–water partition coefficient (Wildman–Crippen LogP) is 6.06. The lowest BCUT2D eigenvalue weighted by Gasteiger charge is -2.18. The molecule has 0 spiro atoms. The lowest BCUT2D eigenvalue weighted by Crippen LogP contribution is -2.26. The number of nitrogens with zero attached hydrogens (tertiary/aromatic N) is 4. The average molecular weight is 454 g/mol. The molecule has 0 atom stereocenters. The monoisotopic (exact) mass is 454 g/mol. The van der Waals surface area contributed by atoms with Crippen molar-refractivity contribution in [2.75, 3.05) is 0 Å². The quantitative estimate of drug-likeness (QED) is 0.305. The molecule has 0 N–H and O–H groups in total. The molecule has 0 saturated carbocycles. The van der Waals surface area contributed by atoms with Crippen molar-refractivity contribution >= 4 is 16.9 Å². The molecular weight excluding hydrogens is 432 g/mol. The molecule has 5 rings (SSSR count). The Morgan fingerprint density at radius 3 is 2.29 bits per heavy atom. The van der Waals surface area contributed by atoms with Crippen molar-refractivity contribution < 1.29 is 18.7 Å². The van der Waals surface area contributed by atoms with Gasteiger partial charge in [0.05, 0.1) is 18.2 Å². The minimum absolute atomic E-state index is 0.157. The van der Waals surface area contributed by atoms with Crippen LogP contribution in [0.5, 0.6) is 5.88 Å². The average Bonchev–Trinajstić information content (AvgIpc) is 3.45. The zero-order chi connectivity index (χ0) is 23.7. The number of benzene rings is 2. The van der Waals surface area contributed by atoms with Crippen LogP contribution >= 0.6 is 0 Å². The molecule has 0 aliphatic carbocycles. The summed E-state index contributed by atoms with van der Waals surface area (Å²) in [6.07, 6.45) is 5.81. The smallest absolute Gasteiger partial charge is 0.471 e. The number of carbonyl (C=O) groups is 1. The number of rotatable bonds is 4. The van der Waals surface area contributed by atoms with Crippen LogP contribution in [0.3, 0.4) is 0 Å². The number of hydrogen-bond acceptors (Lipinski definition) is 7. The molecule has 0 aliphatic rings. The maximum Gasteiger partial charge on any atom is 0.515 e. The van der Waals surface area contributed by atoms with Crippen LogP contribution in [0.15, 0.2) is 83.9 Å². The molecule has 5 aromatic rings. The van der Waals surface area contributed by atoms with Gasteiger partial charge in [0.15, 0.2) is 0 Å². The summed E-state index contributed by atoms with van der Waals surface area (Å²) in [6.45, 7) is 5.30. The summed E-state index contributed by atoms with van der Waals surface area (Å²) in [5.74, 6) is 0.433. The third-order valence-electron chi connectivity index (χ3n) is 4.99. The maximum atomic E-state index is 12.3. The third-order valence-corrected chi connectivity index (χ3v) is 4.99. The van der Waals surface area contributed by atoms with Gasteiger partial charge < -0.3 is 13.9 Å². The second-order valence-corrected chi connectivity index (χ2v) is 8.69. The Kier molecular flexibility index (Phi) is 5.33. The van der Waals surface area contributed by atoms with E-state index in [0.29, 0.717) is 5.69 Å². The van der Waals surface area contributed by atoms with Gasteiger partial charge in [0.25, 0.3) is 5.95 Å². The van der Waals surface area contributed by atoms with E-state index in [1.165, 1.54) is 4.68 Å². The van der Waals surface area contributed by atoms with Gasteiger partial charge >= 0.3 is 6.16 Å². The van der Waals surface area contributed by atoms with Crippen molar-refractivity contribution in [2.45, 2.75) is 26.4 Å². The van der Waals surface area contributed by atoms with Crippen LogP contribution < -0.4 is 4.74 Å². The van der Waals surface area contributed by atoms with E-state index in [1.54, 1.807) is 57.8 Å². The van der Waals surface area contributed by atoms with Gasteiger partial charge in [-0.05, 0) is 44.0 Å². The molecule has 0 saturated heterocycles. The van der Waals surface area contributed by atoms with Crippen molar-refractivity contribution in [1.82, 2.24) is 19.7 Å². The highest BCUT2D eigenvalue weighted by Gasteiger charge is 2.22. The number of carbonyl (C=O) groups excluding carboxylic acids is 1. The van der Waals surface area contributed by atoms with Crippen molar-refractivity contribution in [2.24, 2.45) is 0 Å². The Bertz CT molecular complexity index is 1450. The van der Waals surface area contributed by atoms with Crippen molar-refractivity contribution in [3.8, 4) is 34.2 Å². The molecule has 34 heavy (non-hydrogen) atoms. The Morgan fingerprint density at radius 1 is 0.882 bits per heavy atom. The van der Waals surface area contributed by atoms with Crippen LogP contribution in [0.2, 0.25) is 0 Å². The van der Waals surface area contributed by atoms with Crippen LogP contribution in [0.25, 0.3) is 39.1 Å². The van der Waals surface area contributed by atoms with Gasteiger partial charge in [-0.15, -0.1) is 0 Å². The summed E-state index contributed by atoms with van der Waals surface area (Å²) in [5, 5.41) is 6.69. The van der Waals surface area contributed by atoms with Crippen LogP contribution in [-0.2, 0) is 4.74 Å². The van der Waals surface area contributed by atoms with E-state index in [1.807, 2.05) is 30.3 Å². The minimum Gasteiger partial charge on any atom is -0.471 e. The minimum atomic E-state index is -0.832. The topological polar surface area (TPSA) is 92.3 Å². The van der Waals surface area contributed by atoms with Gasteiger partial charge in [0, 0.05) is 34.8 Å². The van der Waals surface area contributed by atoms with Crippen LogP contribution in [0.1, 0.15) is 20.8 Å². The van der Waals surface area contributed by atoms with Crippen molar-refractivity contribution in [3.05, 3.63) is 79.5 Å². The van der Waals surface area contributed by atoms with E-state index < -0.39 is 11.8 Å². The highest BCUT2D eigenvalue weighted by Crippen LogP contribution is 2.30. The van der Waals surface area contributed by atoms with Gasteiger partial charge in [0.2, 0.25) is 5.88 Å². The summed E-state index contributed by atoms with van der Waals surface area (Å²) < 4.78 is 17.4. The first-order valence-corrected chi connectivity index (χ1v) is 10.7. The van der Waals surface area contributed by atoms with Crippen LogP contribution in [0, 0.1) is 0 Å². The van der Waals surface area contributed by atoms with E-state index >= 15 is 0 Å². The highest BCUT2D eigenvalue weighted by atomic mass is 16.7. The Labute approximate surface area is 195 Å².